The first-order valence-electron chi connectivity index (χ1n) is 5.22. The van der Waals surface area contributed by atoms with Crippen LogP contribution in [0.15, 0.2) is 16.6 Å². The molecule has 3 heteroatoms. The number of hydrogen-bond donors (Lipinski definition) is 2. The molecule has 1 aliphatic carbocycles. The Kier molecular flexibility index (Phi) is 2.45. The van der Waals surface area contributed by atoms with E-state index in [2.05, 4.69) is 41.2 Å². The van der Waals surface area contributed by atoms with Crippen LogP contribution in [0.2, 0.25) is 0 Å². The van der Waals surface area contributed by atoms with Crippen LogP contribution in [0.1, 0.15) is 25.8 Å². The van der Waals surface area contributed by atoms with Crippen LogP contribution >= 0.6 is 15.9 Å². The largest absolute Gasteiger partial charge is 0.398 e. The summed E-state index contributed by atoms with van der Waals surface area (Å²) in [4.78, 5) is 0. The average molecular weight is 269 g/mol. The van der Waals surface area contributed by atoms with Gasteiger partial charge in [0.05, 0.1) is 0 Å². The lowest BCUT2D eigenvalue weighted by Crippen LogP contribution is -2.09. The fraction of sp³-hybridized carbons (Fsp3) is 0.500. The molecule has 0 saturated heterocycles. The number of benzene rings is 1. The van der Waals surface area contributed by atoms with Crippen molar-refractivity contribution < 1.29 is 0 Å². The maximum atomic E-state index is 5.83. The summed E-state index contributed by atoms with van der Waals surface area (Å²) in [6, 6.07) is 4.66. The molecule has 1 aromatic rings. The van der Waals surface area contributed by atoms with E-state index in [0.29, 0.717) is 11.5 Å². The fourth-order valence-electron chi connectivity index (χ4n) is 1.71. The molecule has 0 amide bonds. The summed E-state index contributed by atoms with van der Waals surface area (Å²) in [6.45, 7) is 6.59. The van der Waals surface area contributed by atoms with Gasteiger partial charge in [0.15, 0.2) is 0 Å². The molecule has 0 spiro atoms. The van der Waals surface area contributed by atoms with Crippen molar-refractivity contribution in [3.05, 3.63) is 22.2 Å². The van der Waals surface area contributed by atoms with Crippen LogP contribution < -0.4 is 11.1 Å². The van der Waals surface area contributed by atoms with Gasteiger partial charge in [-0.25, -0.2) is 0 Å². The molecule has 1 aromatic carbocycles. The van der Waals surface area contributed by atoms with Crippen molar-refractivity contribution >= 4 is 27.3 Å². The second-order valence-corrected chi connectivity index (χ2v) is 5.93. The number of anilines is 2. The lowest BCUT2D eigenvalue weighted by Gasteiger charge is -2.12. The Hall–Kier alpha value is -0.700. The highest BCUT2D eigenvalue weighted by atomic mass is 79.9. The van der Waals surface area contributed by atoms with Crippen LogP contribution in [0.4, 0.5) is 11.4 Å². The summed E-state index contributed by atoms with van der Waals surface area (Å²) in [5, 5.41) is 3.54. The van der Waals surface area contributed by atoms with Crippen molar-refractivity contribution in [2.75, 3.05) is 11.1 Å². The molecule has 15 heavy (non-hydrogen) atoms. The van der Waals surface area contributed by atoms with Gasteiger partial charge in [-0.2, -0.15) is 0 Å². The lowest BCUT2D eigenvalue weighted by molar-refractivity contribution is 0.630. The topological polar surface area (TPSA) is 38.0 Å². The van der Waals surface area contributed by atoms with Gasteiger partial charge in [0.1, 0.15) is 0 Å². The van der Waals surface area contributed by atoms with Crippen molar-refractivity contribution in [3.8, 4) is 0 Å². The molecule has 0 heterocycles. The van der Waals surface area contributed by atoms with E-state index in [-0.39, 0.29) is 0 Å². The maximum Gasteiger partial charge on any atom is 0.0491 e. The summed E-state index contributed by atoms with van der Waals surface area (Å²) < 4.78 is 1.05. The van der Waals surface area contributed by atoms with E-state index in [1.165, 1.54) is 6.42 Å². The molecule has 0 radical (unpaired) electrons. The number of rotatable bonds is 2. The minimum absolute atomic E-state index is 0.439. The van der Waals surface area contributed by atoms with E-state index >= 15 is 0 Å². The first-order chi connectivity index (χ1) is 6.90. The van der Waals surface area contributed by atoms with Crippen LogP contribution in [0.25, 0.3) is 0 Å². The molecule has 82 valence electrons. The fourth-order valence-corrected chi connectivity index (χ4v) is 2.18. The summed E-state index contributed by atoms with van der Waals surface area (Å²) in [5.41, 5.74) is 9.38. The van der Waals surface area contributed by atoms with E-state index in [1.807, 2.05) is 13.0 Å². The van der Waals surface area contributed by atoms with Gasteiger partial charge >= 0.3 is 0 Å². The Bertz CT molecular complexity index is 399. The molecule has 1 aliphatic rings. The molecule has 1 atom stereocenters. The van der Waals surface area contributed by atoms with Gasteiger partial charge in [-0.15, -0.1) is 0 Å². The van der Waals surface area contributed by atoms with Crippen molar-refractivity contribution in [1.82, 2.24) is 0 Å². The minimum atomic E-state index is 0.439. The number of nitrogens with two attached hydrogens (primary N) is 1. The molecule has 3 N–H and O–H groups in total. The zero-order chi connectivity index (χ0) is 11.2. The predicted molar refractivity (Wildman–Crippen MR) is 69.1 cm³/mol. The Morgan fingerprint density at radius 2 is 2.07 bits per heavy atom. The zero-order valence-corrected chi connectivity index (χ0v) is 11.0. The van der Waals surface area contributed by atoms with E-state index in [4.69, 9.17) is 5.73 Å². The normalized spacial score (nSPS) is 22.5. The van der Waals surface area contributed by atoms with Gasteiger partial charge in [-0.05, 0) is 52.4 Å². The second-order valence-electron chi connectivity index (χ2n) is 5.08. The molecule has 1 saturated carbocycles. The van der Waals surface area contributed by atoms with Crippen LogP contribution in [-0.4, -0.2) is 6.04 Å². The van der Waals surface area contributed by atoms with E-state index in [9.17, 15) is 0 Å². The quantitative estimate of drug-likeness (QED) is 0.806. The molecule has 1 fully saturated rings. The van der Waals surface area contributed by atoms with Gasteiger partial charge in [0, 0.05) is 21.9 Å². The third kappa shape index (κ3) is 2.12. The van der Waals surface area contributed by atoms with Crippen molar-refractivity contribution in [3.63, 3.8) is 0 Å². The van der Waals surface area contributed by atoms with E-state index in [0.717, 1.165) is 21.4 Å². The van der Waals surface area contributed by atoms with Crippen LogP contribution in [0, 0.1) is 12.3 Å². The standard InChI is InChI=1S/C12H17BrN2/c1-7-4-10(8(13)5-9(7)14)15-11-6-12(11,2)3/h4-5,11,15H,6,14H2,1-3H3. The smallest absolute Gasteiger partial charge is 0.0491 e. The zero-order valence-electron chi connectivity index (χ0n) is 9.39. The van der Waals surface area contributed by atoms with Gasteiger partial charge in [0.2, 0.25) is 0 Å². The highest BCUT2D eigenvalue weighted by molar-refractivity contribution is 9.10. The third-order valence-corrected chi connectivity index (χ3v) is 3.85. The molecule has 0 aromatic heterocycles. The van der Waals surface area contributed by atoms with Crippen molar-refractivity contribution in [2.45, 2.75) is 33.2 Å². The summed E-state index contributed by atoms with van der Waals surface area (Å²) >= 11 is 3.53. The molecule has 2 nitrogen and oxygen atoms in total. The average Bonchev–Trinajstić information content (AvgIpc) is 2.70. The molecule has 1 unspecified atom stereocenters. The Labute approximate surface area is 99.4 Å². The maximum absolute atomic E-state index is 5.83. The predicted octanol–water partition coefficient (Wildman–Crippen LogP) is 3.55. The number of halogens is 1. The Morgan fingerprint density at radius 3 is 2.60 bits per heavy atom. The van der Waals surface area contributed by atoms with Crippen LogP contribution in [0.5, 0.6) is 0 Å². The van der Waals surface area contributed by atoms with Gasteiger partial charge in [-0.1, -0.05) is 13.8 Å². The summed E-state index contributed by atoms with van der Waals surface area (Å²) in [7, 11) is 0. The van der Waals surface area contributed by atoms with Gasteiger partial charge in [0.25, 0.3) is 0 Å². The minimum Gasteiger partial charge on any atom is -0.398 e. The number of nitrogens with one attached hydrogen (secondary N) is 1. The number of nitrogen functional groups attached to an aromatic ring is 1. The highest BCUT2D eigenvalue weighted by Crippen LogP contribution is 2.47. The van der Waals surface area contributed by atoms with E-state index in [1.54, 1.807) is 0 Å². The first-order valence-corrected chi connectivity index (χ1v) is 6.01. The van der Waals surface area contributed by atoms with E-state index < -0.39 is 0 Å². The molecular formula is C12H17BrN2. The first kappa shape index (κ1) is 10.8. The van der Waals surface area contributed by atoms with Crippen LogP contribution in [-0.2, 0) is 0 Å². The number of hydrogen-bond acceptors (Lipinski definition) is 2. The lowest BCUT2D eigenvalue weighted by atomic mass is 10.1. The van der Waals surface area contributed by atoms with Crippen LogP contribution in [0.3, 0.4) is 0 Å². The Morgan fingerprint density at radius 1 is 1.47 bits per heavy atom. The monoisotopic (exact) mass is 268 g/mol. The number of aryl methyl sites for hydroxylation is 1. The summed E-state index contributed by atoms with van der Waals surface area (Å²) in [6.07, 6.45) is 1.24. The highest BCUT2D eigenvalue weighted by Gasteiger charge is 2.45. The van der Waals surface area contributed by atoms with Crippen molar-refractivity contribution in [1.29, 1.82) is 0 Å². The molecule has 2 rings (SSSR count). The summed E-state index contributed by atoms with van der Waals surface area (Å²) in [5.74, 6) is 0. The van der Waals surface area contributed by atoms with Crippen molar-refractivity contribution in [2.24, 2.45) is 5.41 Å². The second kappa shape index (κ2) is 3.41. The third-order valence-electron chi connectivity index (χ3n) is 3.20. The van der Waals surface area contributed by atoms with Gasteiger partial charge < -0.3 is 11.1 Å². The molecule has 0 aliphatic heterocycles. The molecular weight excluding hydrogens is 252 g/mol. The molecule has 0 bridgehead atoms. The Balaban J connectivity index is 2.19. The van der Waals surface area contributed by atoms with Gasteiger partial charge in [-0.3, -0.25) is 0 Å². The SMILES string of the molecule is Cc1cc(NC2CC2(C)C)c(Br)cc1N.